The Labute approximate surface area is 135 Å². The van der Waals surface area contributed by atoms with Crippen molar-refractivity contribution in [2.45, 2.75) is 46.1 Å². The van der Waals surface area contributed by atoms with E-state index in [9.17, 15) is 9.18 Å². The minimum atomic E-state index is -0.598. The van der Waals surface area contributed by atoms with Crippen LogP contribution in [0.25, 0.3) is 10.9 Å². The molecule has 5 heteroatoms. The molecule has 1 aromatic heterocycles. The second-order valence-electron chi connectivity index (χ2n) is 6.99. The number of nitrogens with zero attached hydrogens (tertiary/aromatic N) is 1. The van der Waals surface area contributed by atoms with Crippen LogP contribution in [-0.2, 0) is 11.2 Å². The predicted molar refractivity (Wildman–Crippen MR) is 88.1 cm³/mol. The van der Waals surface area contributed by atoms with Crippen molar-refractivity contribution in [3.63, 3.8) is 0 Å². The molecule has 2 rings (SSSR count). The van der Waals surface area contributed by atoms with E-state index in [-0.39, 0.29) is 18.3 Å². The van der Waals surface area contributed by atoms with Gasteiger partial charge in [0.25, 0.3) is 0 Å². The van der Waals surface area contributed by atoms with E-state index in [1.54, 1.807) is 33.0 Å². The molecule has 0 aliphatic carbocycles. The van der Waals surface area contributed by atoms with Gasteiger partial charge < -0.3 is 9.84 Å². The first-order valence-electron chi connectivity index (χ1n) is 7.85. The summed E-state index contributed by atoms with van der Waals surface area (Å²) in [6, 6.07) is 4.37. The predicted octanol–water partition coefficient (Wildman–Crippen LogP) is 4.12. The van der Waals surface area contributed by atoms with Gasteiger partial charge in [-0.1, -0.05) is 6.92 Å². The van der Waals surface area contributed by atoms with Gasteiger partial charge >= 0.3 is 6.09 Å². The van der Waals surface area contributed by atoms with Crippen molar-refractivity contribution in [3.8, 4) is 0 Å². The standard InChI is InChI=1S/C18H24FNO3/c1-12(11-21)5-6-13-10-20(17(22)23-18(2,3)4)16-8-7-14(19)9-15(13)16/h7-10,12,21H,5-6,11H2,1-4H3. The fraction of sp³-hybridized carbons (Fsp3) is 0.500. The highest BCUT2D eigenvalue weighted by molar-refractivity contribution is 5.92. The number of hydrogen-bond donors (Lipinski definition) is 1. The fourth-order valence-corrected chi connectivity index (χ4v) is 2.43. The number of halogens is 1. The topological polar surface area (TPSA) is 51.5 Å². The van der Waals surface area contributed by atoms with Crippen molar-refractivity contribution < 1.29 is 19.0 Å². The maximum Gasteiger partial charge on any atom is 0.419 e. The number of carbonyl (C=O) groups excluding carboxylic acids is 1. The smallest absolute Gasteiger partial charge is 0.419 e. The molecule has 23 heavy (non-hydrogen) atoms. The third-order valence-electron chi connectivity index (χ3n) is 3.66. The van der Waals surface area contributed by atoms with Crippen molar-refractivity contribution >= 4 is 17.0 Å². The molecule has 0 radical (unpaired) electrons. The lowest BCUT2D eigenvalue weighted by molar-refractivity contribution is 0.0544. The normalized spacial score (nSPS) is 13.3. The lowest BCUT2D eigenvalue weighted by Gasteiger charge is -2.19. The number of aromatic nitrogens is 1. The lowest BCUT2D eigenvalue weighted by Crippen LogP contribution is -2.26. The summed E-state index contributed by atoms with van der Waals surface area (Å²) in [4.78, 5) is 12.4. The first kappa shape index (κ1) is 17.5. The molecule has 1 unspecified atom stereocenters. The van der Waals surface area contributed by atoms with E-state index < -0.39 is 11.7 Å². The molecule has 0 aliphatic heterocycles. The summed E-state index contributed by atoms with van der Waals surface area (Å²) in [5.74, 6) is -0.181. The van der Waals surface area contributed by atoms with Crippen LogP contribution in [0.1, 0.15) is 39.7 Å². The van der Waals surface area contributed by atoms with Gasteiger partial charge in [0.05, 0.1) is 5.52 Å². The van der Waals surface area contributed by atoms with Gasteiger partial charge in [0, 0.05) is 18.2 Å². The Morgan fingerprint density at radius 3 is 2.70 bits per heavy atom. The molecule has 0 saturated carbocycles. The summed E-state index contributed by atoms with van der Waals surface area (Å²) in [5.41, 5.74) is 0.914. The average molecular weight is 321 g/mol. The Morgan fingerprint density at radius 1 is 1.39 bits per heavy atom. The Kier molecular flexibility index (Phi) is 5.09. The minimum Gasteiger partial charge on any atom is -0.443 e. The van der Waals surface area contributed by atoms with Gasteiger partial charge in [-0.2, -0.15) is 0 Å². The van der Waals surface area contributed by atoms with Gasteiger partial charge in [0.2, 0.25) is 0 Å². The third-order valence-corrected chi connectivity index (χ3v) is 3.66. The number of hydrogen-bond acceptors (Lipinski definition) is 3. The minimum absolute atomic E-state index is 0.110. The molecule has 2 aromatic rings. The zero-order chi connectivity index (χ0) is 17.2. The van der Waals surface area contributed by atoms with Crippen molar-refractivity contribution in [3.05, 3.63) is 35.8 Å². The van der Waals surface area contributed by atoms with Crippen LogP contribution < -0.4 is 0 Å². The van der Waals surface area contributed by atoms with Gasteiger partial charge in [-0.25, -0.2) is 9.18 Å². The van der Waals surface area contributed by atoms with Crippen LogP contribution >= 0.6 is 0 Å². The highest BCUT2D eigenvalue weighted by atomic mass is 19.1. The molecule has 126 valence electrons. The molecule has 0 aliphatic rings. The van der Waals surface area contributed by atoms with Crippen LogP contribution in [0.4, 0.5) is 9.18 Å². The molecule has 1 N–H and O–H groups in total. The van der Waals surface area contributed by atoms with E-state index >= 15 is 0 Å². The number of ether oxygens (including phenoxy) is 1. The molecule has 1 aromatic carbocycles. The van der Waals surface area contributed by atoms with Crippen molar-refractivity contribution in [2.24, 2.45) is 5.92 Å². The van der Waals surface area contributed by atoms with Gasteiger partial charge in [-0.05, 0) is 63.3 Å². The number of rotatable bonds is 4. The third kappa shape index (κ3) is 4.32. The lowest BCUT2D eigenvalue weighted by atomic mass is 10.0. The van der Waals surface area contributed by atoms with E-state index in [1.165, 1.54) is 16.7 Å². The molecule has 0 spiro atoms. The molecular formula is C18H24FNO3. The Hall–Kier alpha value is -1.88. The van der Waals surface area contributed by atoms with Gasteiger partial charge in [0.15, 0.2) is 0 Å². The Balaban J connectivity index is 2.40. The molecular weight excluding hydrogens is 297 g/mol. The Morgan fingerprint density at radius 2 is 2.09 bits per heavy atom. The highest BCUT2D eigenvalue weighted by Gasteiger charge is 2.21. The summed E-state index contributed by atoms with van der Waals surface area (Å²) >= 11 is 0. The van der Waals surface area contributed by atoms with Crippen LogP contribution in [0.3, 0.4) is 0 Å². The maximum atomic E-state index is 13.6. The van der Waals surface area contributed by atoms with E-state index in [0.29, 0.717) is 17.3 Å². The number of benzene rings is 1. The molecule has 4 nitrogen and oxygen atoms in total. The monoisotopic (exact) mass is 321 g/mol. The van der Waals surface area contributed by atoms with Crippen molar-refractivity contribution in [1.82, 2.24) is 4.57 Å². The van der Waals surface area contributed by atoms with Gasteiger partial charge in [-0.3, -0.25) is 4.57 Å². The summed E-state index contributed by atoms with van der Waals surface area (Å²) < 4.78 is 20.4. The van der Waals surface area contributed by atoms with Crippen LogP contribution in [0.5, 0.6) is 0 Å². The van der Waals surface area contributed by atoms with E-state index in [1.807, 2.05) is 6.92 Å². The van der Waals surface area contributed by atoms with E-state index in [4.69, 9.17) is 9.84 Å². The number of aryl methyl sites for hydroxylation is 1. The number of carbonyl (C=O) groups is 1. The zero-order valence-electron chi connectivity index (χ0n) is 14.1. The van der Waals surface area contributed by atoms with Crippen LogP contribution in [-0.4, -0.2) is 28.0 Å². The molecule has 0 bridgehead atoms. The SMILES string of the molecule is CC(CO)CCc1cn(C(=O)OC(C)(C)C)c2ccc(F)cc12. The second kappa shape index (κ2) is 6.71. The maximum absolute atomic E-state index is 13.6. The average Bonchev–Trinajstić information content (AvgIpc) is 2.81. The zero-order valence-corrected chi connectivity index (χ0v) is 14.1. The molecule has 1 atom stereocenters. The van der Waals surface area contributed by atoms with Crippen LogP contribution in [0, 0.1) is 11.7 Å². The molecule has 0 amide bonds. The highest BCUT2D eigenvalue weighted by Crippen LogP contribution is 2.25. The van der Waals surface area contributed by atoms with Crippen LogP contribution in [0.15, 0.2) is 24.4 Å². The fourth-order valence-electron chi connectivity index (χ4n) is 2.43. The number of fused-ring (bicyclic) bond motifs is 1. The first-order valence-corrected chi connectivity index (χ1v) is 7.85. The van der Waals surface area contributed by atoms with E-state index in [2.05, 4.69) is 0 Å². The molecule has 0 saturated heterocycles. The quantitative estimate of drug-likeness (QED) is 0.921. The summed E-state index contributed by atoms with van der Waals surface area (Å²) in [5, 5.41) is 9.86. The van der Waals surface area contributed by atoms with Crippen molar-refractivity contribution in [1.29, 1.82) is 0 Å². The first-order chi connectivity index (χ1) is 10.7. The van der Waals surface area contributed by atoms with Crippen LogP contribution in [0.2, 0.25) is 0 Å². The van der Waals surface area contributed by atoms with Gasteiger partial charge in [-0.15, -0.1) is 0 Å². The second-order valence-corrected chi connectivity index (χ2v) is 6.99. The molecule has 1 heterocycles. The van der Waals surface area contributed by atoms with Crippen molar-refractivity contribution in [2.75, 3.05) is 6.61 Å². The largest absolute Gasteiger partial charge is 0.443 e. The van der Waals surface area contributed by atoms with Gasteiger partial charge in [0.1, 0.15) is 11.4 Å². The Bertz CT molecular complexity index is 700. The van der Waals surface area contributed by atoms with E-state index in [0.717, 1.165) is 12.0 Å². The summed E-state index contributed by atoms with van der Waals surface area (Å²) in [6.07, 6.45) is 2.66. The number of aliphatic hydroxyl groups is 1. The number of aliphatic hydroxyl groups excluding tert-OH is 1. The summed E-state index contributed by atoms with van der Waals surface area (Å²) in [6.45, 7) is 7.48. The summed E-state index contributed by atoms with van der Waals surface area (Å²) in [7, 11) is 0. The molecule has 0 fully saturated rings.